The summed E-state index contributed by atoms with van der Waals surface area (Å²) in [4.78, 5) is 0. The molecule has 0 spiro atoms. The molecule has 2 aromatic rings. The number of hydrogen-bond donors (Lipinski definition) is 2. The average Bonchev–Trinajstić information content (AvgIpc) is 2.37. The van der Waals surface area contributed by atoms with Gasteiger partial charge in [-0.2, -0.15) is 0 Å². The third kappa shape index (κ3) is 4.22. The van der Waals surface area contributed by atoms with Crippen molar-refractivity contribution in [3.05, 3.63) is 65.2 Å². The van der Waals surface area contributed by atoms with Crippen LogP contribution >= 0.6 is 0 Å². The first-order chi connectivity index (χ1) is 9.44. The molecule has 0 bridgehead atoms. The number of nitrogens with two attached hydrogens (primary N) is 2. The molecule has 0 saturated heterocycles. The van der Waals surface area contributed by atoms with Crippen LogP contribution in [0.4, 0.5) is 5.69 Å². The first kappa shape index (κ1) is 14.3. The third-order valence-electron chi connectivity index (χ3n) is 2.78. The van der Waals surface area contributed by atoms with Crippen LogP contribution in [0.2, 0.25) is 0 Å². The molecule has 0 aliphatic rings. The molecule has 2 aromatic carbocycles. The lowest BCUT2D eigenvalue weighted by Crippen LogP contribution is -2.15. The van der Waals surface area contributed by atoms with Crippen molar-refractivity contribution >= 4 is 27.9 Å². The number of benzene rings is 2. The fraction of sp³-hybridized carbons (Fsp3) is 0.0667. The first-order valence-electron chi connectivity index (χ1n) is 6.06. The highest BCUT2D eigenvalue weighted by molar-refractivity contribution is 7.88. The molecule has 20 heavy (non-hydrogen) atoms. The molecular formula is C15H16N2O2S. The predicted octanol–water partition coefficient (Wildman–Crippen LogP) is 2.23. The molecule has 4 nitrogen and oxygen atoms in total. The van der Waals surface area contributed by atoms with Gasteiger partial charge in [0.2, 0.25) is 10.0 Å². The van der Waals surface area contributed by atoms with E-state index in [0.29, 0.717) is 11.3 Å². The second-order valence-electron chi connectivity index (χ2n) is 4.51. The van der Waals surface area contributed by atoms with Crippen LogP contribution in [0.1, 0.15) is 16.7 Å². The zero-order chi connectivity index (χ0) is 14.6. The van der Waals surface area contributed by atoms with E-state index in [1.807, 2.05) is 42.5 Å². The van der Waals surface area contributed by atoms with E-state index in [1.165, 1.54) is 0 Å². The molecule has 5 heteroatoms. The van der Waals surface area contributed by atoms with E-state index in [4.69, 9.17) is 10.9 Å². The third-order valence-corrected chi connectivity index (χ3v) is 3.49. The lowest BCUT2D eigenvalue weighted by atomic mass is 10.1. The fourth-order valence-corrected chi connectivity index (χ4v) is 2.56. The Morgan fingerprint density at radius 1 is 1.00 bits per heavy atom. The predicted molar refractivity (Wildman–Crippen MR) is 83.0 cm³/mol. The van der Waals surface area contributed by atoms with Crippen LogP contribution in [0.3, 0.4) is 0 Å². The second-order valence-corrected chi connectivity index (χ2v) is 6.12. The van der Waals surface area contributed by atoms with Gasteiger partial charge in [0, 0.05) is 5.69 Å². The number of primary sulfonamides is 1. The summed E-state index contributed by atoms with van der Waals surface area (Å²) in [6.07, 6.45) is 3.77. The van der Waals surface area contributed by atoms with Gasteiger partial charge in [-0.15, -0.1) is 0 Å². The van der Waals surface area contributed by atoms with E-state index < -0.39 is 10.0 Å². The highest BCUT2D eigenvalue weighted by atomic mass is 32.2. The lowest BCUT2D eigenvalue weighted by Gasteiger charge is -2.06. The van der Waals surface area contributed by atoms with Crippen LogP contribution < -0.4 is 10.9 Å². The zero-order valence-corrected chi connectivity index (χ0v) is 11.7. The van der Waals surface area contributed by atoms with Crippen LogP contribution in [0, 0.1) is 0 Å². The standard InChI is InChI=1S/C15H16N2O2S/c16-15-9-8-13(14(10-15)11-20(17,18)19)7-6-12-4-2-1-3-5-12/h1-10H,11,16H2,(H2,17,18,19)/b7-6+. The summed E-state index contributed by atoms with van der Waals surface area (Å²) in [5, 5.41) is 5.10. The summed E-state index contributed by atoms with van der Waals surface area (Å²) in [6, 6.07) is 14.9. The molecule has 0 atom stereocenters. The number of anilines is 1. The maximum atomic E-state index is 11.3. The summed E-state index contributed by atoms with van der Waals surface area (Å²) >= 11 is 0. The zero-order valence-electron chi connectivity index (χ0n) is 10.9. The van der Waals surface area contributed by atoms with Crippen LogP contribution in [-0.4, -0.2) is 8.42 Å². The number of hydrogen-bond acceptors (Lipinski definition) is 3. The molecule has 0 saturated carbocycles. The van der Waals surface area contributed by atoms with E-state index in [2.05, 4.69) is 0 Å². The van der Waals surface area contributed by atoms with E-state index in [1.54, 1.807) is 18.2 Å². The summed E-state index contributed by atoms with van der Waals surface area (Å²) in [5.41, 5.74) is 8.63. The monoisotopic (exact) mass is 288 g/mol. The molecule has 0 heterocycles. The van der Waals surface area contributed by atoms with Crippen LogP contribution in [0.5, 0.6) is 0 Å². The summed E-state index contributed by atoms with van der Waals surface area (Å²) in [7, 11) is -3.59. The highest BCUT2D eigenvalue weighted by Gasteiger charge is 2.08. The summed E-state index contributed by atoms with van der Waals surface area (Å²) in [5.74, 6) is -0.230. The Kier molecular flexibility index (Phi) is 4.22. The van der Waals surface area contributed by atoms with E-state index >= 15 is 0 Å². The smallest absolute Gasteiger partial charge is 0.213 e. The fourth-order valence-electron chi connectivity index (χ4n) is 1.88. The maximum absolute atomic E-state index is 11.3. The molecule has 0 radical (unpaired) electrons. The quantitative estimate of drug-likeness (QED) is 0.668. The van der Waals surface area contributed by atoms with Crippen LogP contribution in [0.15, 0.2) is 48.5 Å². The summed E-state index contributed by atoms with van der Waals surface area (Å²) in [6.45, 7) is 0. The van der Waals surface area contributed by atoms with E-state index in [9.17, 15) is 8.42 Å². The number of rotatable bonds is 4. The SMILES string of the molecule is Nc1ccc(/C=C/c2ccccc2)c(CS(N)(=O)=O)c1. The molecule has 0 aliphatic carbocycles. The van der Waals surface area contributed by atoms with Crippen molar-refractivity contribution in [1.82, 2.24) is 0 Å². The second kappa shape index (κ2) is 5.90. The van der Waals surface area contributed by atoms with Gasteiger partial charge >= 0.3 is 0 Å². The minimum absolute atomic E-state index is 0.230. The van der Waals surface area contributed by atoms with Gasteiger partial charge < -0.3 is 5.73 Å². The topological polar surface area (TPSA) is 86.2 Å². The first-order valence-corrected chi connectivity index (χ1v) is 7.77. The van der Waals surface area contributed by atoms with Gasteiger partial charge in [-0.25, -0.2) is 13.6 Å². The molecule has 0 aromatic heterocycles. The van der Waals surface area contributed by atoms with E-state index in [0.717, 1.165) is 11.1 Å². The Morgan fingerprint density at radius 2 is 1.70 bits per heavy atom. The number of nitrogen functional groups attached to an aromatic ring is 1. The molecule has 0 amide bonds. The van der Waals surface area contributed by atoms with Gasteiger partial charge in [-0.3, -0.25) is 0 Å². The largest absolute Gasteiger partial charge is 0.399 e. The molecule has 2 rings (SSSR count). The number of sulfonamides is 1. The molecule has 0 unspecified atom stereocenters. The highest BCUT2D eigenvalue weighted by Crippen LogP contribution is 2.18. The van der Waals surface area contributed by atoms with Crippen molar-refractivity contribution in [2.75, 3.05) is 5.73 Å². The average molecular weight is 288 g/mol. The molecule has 4 N–H and O–H groups in total. The Bertz CT molecular complexity index is 723. The van der Waals surface area contributed by atoms with Crippen molar-refractivity contribution < 1.29 is 8.42 Å². The Labute approximate surface area is 118 Å². The van der Waals surface area contributed by atoms with Crippen molar-refractivity contribution in [1.29, 1.82) is 0 Å². The van der Waals surface area contributed by atoms with Crippen molar-refractivity contribution in [3.63, 3.8) is 0 Å². The Balaban J connectivity index is 2.34. The minimum atomic E-state index is -3.59. The van der Waals surface area contributed by atoms with Gasteiger partial charge in [0.1, 0.15) is 0 Å². The maximum Gasteiger partial charge on any atom is 0.213 e. The van der Waals surface area contributed by atoms with Gasteiger partial charge in [0.15, 0.2) is 0 Å². The van der Waals surface area contributed by atoms with Crippen molar-refractivity contribution in [2.45, 2.75) is 5.75 Å². The van der Waals surface area contributed by atoms with Gasteiger partial charge in [-0.05, 0) is 28.8 Å². The van der Waals surface area contributed by atoms with Crippen molar-refractivity contribution in [2.24, 2.45) is 5.14 Å². The van der Waals surface area contributed by atoms with Gasteiger partial charge in [0.05, 0.1) is 5.75 Å². The van der Waals surface area contributed by atoms with Crippen LogP contribution in [0.25, 0.3) is 12.2 Å². The van der Waals surface area contributed by atoms with Crippen LogP contribution in [-0.2, 0) is 15.8 Å². The van der Waals surface area contributed by atoms with Gasteiger partial charge in [0.25, 0.3) is 0 Å². The lowest BCUT2D eigenvalue weighted by molar-refractivity contribution is 0.597. The minimum Gasteiger partial charge on any atom is -0.399 e. The summed E-state index contributed by atoms with van der Waals surface area (Å²) < 4.78 is 22.5. The van der Waals surface area contributed by atoms with Gasteiger partial charge in [-0.1, -0.05) is 48.6 Å². The molecule has 104 valence electrons. The molecular weight excluding hydrogens is 272 g/mol. The van der Waals surface area contributed by atoms with E-state index in [-0.39, 0.29) is 5.75 Å². The molecule has 0 aliphatic heterocycles. The molecule has 0 fully saturated rings. The Hall–Kier alpha value is -2.11. The Morgan fingerprint density at radius 3 is 2.35 bits per heavy atom. The normalized spacial score (nSPS) is 11.8. The van der Waals surface area contributed by atoms with Crippen molar-refractivity contribution in [3.8, 4) is 0 Å².